The van der Waals surface area contributed by atoms with E-state index in [1.807, 2.05) is 24.3 Å². The number of aromatic nitrogens is 1. The number of benzene rings is 3. The smallest absolute Gasteiger partial charge is 0.267 e. The Morgan fingerprint density at radius 3 is 2.69 bits per heavy atom. The van der Waals surface area contributed by atoms with Gasteiger partial charge in [-0.2, -0.15) is 5.26 Å². The molecular formula is C24H17Cl2N3O3. The fourth-order valence-electron chi connectivity index (χ4n) is 3.19. The van der Waals surface area contributed by atoms with Crippen molar-refractivity contribution in [3.63, 3.8) is 0 Å². The number of hydrogen-bond acceptors (Lipinski definition) is 4. The first-order chi connectivity index (χ1) is 15.4. The minimum Gasteiger partial charge on any atom is -0.497 e. The van der Waals surface area contributed by atoms with Gasteiger partial charge in [0, 0.05) is 22.5 Å². The van der Waals surface area contributed by atoms with Crippen LogP contribution in [0.15, 0.2) is 60.7 Å². The number of H-pyrrole nitrogens is 1. The van der Waals surface area contributed by atoms with E-state index in [-0.39, 0.29) is 12.5 Å². The molecule has 0 saturated carbocycles. The number of methoxy groups -OCH3 is 1. The third-order valence-electron chi connectivity index (χ3n) is 4.75. The molecule has 8 heteroatoms. The van der Waals surface area contributed by atoms with E-state index in [4.69, 9.17) is 37.9 Å². The number of carbonyl (C=O) groups excluding carboxylic acids is 1. The van der Waals surface area contributed by atoms with Crippen LogP contribution in [0.3, 0.4) is 0 Å². The van der Waals surface area contributed by atoms with Crippen LogP contribution in [0.5, 0.6) is 17.2 Å². The highest BCUT2D eigenvalue weighted by Crippen LogP contribution is 2.32. The Morgan fingerprint density at radius 2 is 1.91 bits per heavy atom. The quantitative estimate of drug-likeness (QED) is 0.361. The zero-order valence-electron chi connectivity index (χ0n) is 16.9. The molecule has 0 bridgehead atoms. The Labute approximate surface area is 194 Å². The molecule has 3 aromatic carbocycles. The third kappa shape index (κ3) is 4.80. The topological polar surface area (TPSA) is 87.1 Å². The molecule has 0 unspecified atom stereocenters. The van der Waals surface area contributed by atoms with Gasteiger partial charge in [0.2, 0.25) is 0 Å². The highest BCUT2D eigenvalue weighted by atomic mass is 35.5. The van der Waals surface area contributed by atoms with Crippen molar-refractivity contribution in [2.45, 2.75) is 6.54 Å². The SMILES string of the molecule is COc1ccc2[nH]c(C(=O)NCc3ccc(Cl)c(Oc4cc(Cl)cc(C#N)c4)c3)cc2c1. The molecule has 32 heavy (non-hydrogen) atoms. The fourth-order valence-corrected chi connectivity index (χ4v) is 3.57. The number of nitrogens with zero attached hydrogens (tertiary/aromatic N) is 1. The molecule has 1 amide bonds. The molecule has 6 nitrogen and oxygen atoms in total. The van der Waals surface area contributed by atoms with Crippen LogP contribution in [0.25, 0.3) is 10.9 Å². The van der Waals surface area contributed by atoms with Gasteiger partial charge >= 0.3 is 0 Å². The molecule has 0 atom stereocenters. The number of rotatable bonds is 6. The van der Waals surface area contributed by atoms with Crippen LogP contribution < -0.4 is 14.8 Å². The van der Waals surface area contributed by atoms with E-state index in [1.165, 1.54) is 0 Å². The standard InChI is InChI=1S/C24H17Cl2N3O3/c1-31-18-3-5-21-16(9-18)10-22(29-21)24(30)28-13-14-2-4-20(26)23(8-14)32-19-7-15(12-27)6-17(25)11-19/h2-11,29H,13H2,1H3,(H,28,30). The van der Waals surface area contributed by atoms with Gasteiger partial charge in [0.25, 0.3) is 5.91 Å². The highest BCUT2D eigenvalue weighted by Gasteiger charge is 2.12. The van der Waals surface area contributed by atoms with E-state index in [0.717, 1.165) is 22.2 Å². The first kappa shape index (κ1) is 21.6. The van der Waals surface area contributed by atoms with Crippen LogP contribution in [0.2, 0.25) is 10.0 Å². The molecule has 2 N–H and O–H groups in total. The van der Waals surface area contributed by atoms with Crippen molar-refractivity contribution in [3.8, 4) is 23.3 Å². The van der Waals surface area contributed by atoms with Gasteiger partial charge in [0.05, 0.1) is 23.8 Å². The zero-order chi connectivity index (χ0) is 22.7. The molecular weight excluding hydrogens is 449 g/mol. The summed E-state index contributed by atoms with van der Waals surface area (Å²) in [4.78, 5) is 15.7. The molecule has 0 aliphatic heterocycles. The van der Waals surface area contributed by atoms with Crippen molar-refractivity contribution < 1.29 is 14.3 Å². The molecule has 4 rings (SSSR count). The normalized spacial score (nSPS) is 10.6. The van der Waals surface area contributed by atoms with Crippen LogP contribution in [0.4, 0.5) is 0 Å². The van der Waals surface area contributed by atoms with E-state index >= 15 is 0 Å². The molecule has 0 aliphatic carbocycles. The van der Waals surface area contributed by atoms with Gasteiger partial charge in [-0.25, -0.2) is 0 Å². The molecule has 4 aromatic rings. The maximum absolute atomic E-state index is 12.6. The summed E-state index contributed by atoms with van der Waals surface area (Å²) in [5.74, 6) is 1.26. The van der Waals surface area contributed by atoms with Crippen molar-refractivity contribution in [1.82, 2.24) is 10.3 Å². The zero-order valence-corrected chi connectivity index (χ0v) is 18.4. The number of halogens is 2. The lowest BCUT2D eigenvalue weighted by Gasteiger charge is -2.11. The maximum Gasteiger partial charge on any atom is 0.267 e. The van der Waals surface area contributed by atoms with E-state index in [0.29, 0.717) is 32.8 Å². The summed E-state index contributed by atoms with van der Waals surface area (Å²) in [6.45, 7) is 0.268. The first-order valence-electron chi connectivity index (χ1n) is 9.57. The van der Waals surface area contributed by atoms with Crippen molar-refractivity contribution in [2.75, 3.05) is 7.11 Å². The minimum atomic E-state index is -0.244. The lowest BCUT2D eigenvalue weighted by atomic mass is 10.2. The highest BCUT2D eigenvalue weighted by molar-refractivity contribution is 6.32. The number of nitriles is 1. The summed E-state index contributed by atoms with van der Waals surface area (Å²) in [6, 6.07) is 19.3. The molecule has 1 heterocycles. The van der Waals surface area contributed by atoms with E-state index in [9.17, 15) is 4.79 Å². The van der Waals surface area contributed by atoms with Crippen molar-refractivity contribution in [1.29, 1.82) is 5.26 Å². The van der Waals surface area contributed by atoms with E-state index in [1.54, 1.807) is 49.6 Å². The number of aromatic amines is 1. The fraction of sp³-hybridized carbons (Fsp3) is 0.0833. The second kappa shape index (κ2) is 9.23. The van der Waals surface area contributed by atoms with E-state index in [2.05, 4.69) is 10.3 Å². The summed E-state index contributed by atoms with van der Waals surface area (Å²) in [5.41, 5.74) is 2.46. The third-order valence-corrected chi connectivity index (χ3v) is 5.28. The number of amides is 1. The van der Waals surface area contributed by atoms with Gasteiger partial charge in [-0.1, -0.05) is 29.3 Å². The lowest BCUT2D eigenvalue weighted by Crippen LogP contribution is -2.23. The van der Waals surface area contributed by atoms with Crippen LogP contribution >= 0.6 is 23.2 Å². The summed E-state index contributed by atoms with van der Waals surface area (Å²) in [6.07, 6.45) is 0. The molecule has 0 spiro atoms. The second-order valence-electron chi connectivity index (χ2n) is 6.97. The summed E-state index contributed by atoms with van der Waals surface area (Å²) in [5, 5.41) is 13.6. The maximum atomic E-state index is 12.6. The molecule has 1 aromatic heterocycles. The number of nitrogens with one attached hydrogen (secondary N) is 2. The molecule has 0 fully saturated rings. The first-order valence-corrected chi connectivity index (χ1v) is 10.3. The van der Waals surface area contributed by atoms with Crippen LogP contribution in [0, 0.1) is 11.3 Å². The summed E-state index contributed by atoms with van der Waals surface area (Å²) < 4.78 is 11.0. The van der Waals surface area contributed by atoms with Gasteiger partial charge in [0.1, 0.15) is 22.9 Å². The predicted octanol–water partition coefficient (Wildman–Crippen LogP) is 6.08. The Morgan fingerprint density at radius 1 is 1.06 bits per heavy atom. The second-order valence-corrected chi connectivity index (χ2v) is 7.82. The number of ether oxygens (including phenoxy) is 2. The predicted molar refractivity (Wildman–Crippen MR) is 124 cm³/mol. The average molecular weight is 466 g/mol. The van der Waals surface area contributed by atoms with Crippen molar-refractivity contribution in [2.24, 2.45) is 0 Å². The average Bonchev–Trinajstić information content (AvgIpc) is 3.22. The lowest BCUT2D eigenvalue weighted by molar-refractivity contribution is 0.0946. The van der Waals surface area contributed by atoms with Gasteiger partial charge in [-0.3, -0.25) is 4.79 Å². The van der Waals surface area contributed by atoms with Crippen LogP contribution in [-0.2, 0) is 6.54 Å². The molecule has 0 saturated heterocycles. The van der Waals surface area contributed by atoms with Crippen molar-refractivity contribution >= 4 is 40.0 Å². The van der Waals surface area contributed by atoms with Crippen molar-refractivity contribution in [3.05, 3.63) is 87.5 Å². The summed E-state index contributed by atoms with van der Waals surface area (Å²) >= 11 is 12.3. The Balaban J connectivity index is 1.48. The molecule has 160 valence electrons. The van der Waals surface area contributed by atoms with Gasteiger partial charge < -0.3 is 19.8 Å². The Kier molecular flexibility index (Phi) is 6.22. The number of carbonyl (C=O) groups is 1. The summed E-state index contributed by atoms with van der Waals surface area (Å²) in [7, 11) is 1.60. The monoisotopic (exact) mass is 465 g/mol. The van der Waals surface area contributed by atoms with Gasteiger partial charge in [0.15, 0.2) is 0 Å². The Bertz CT molecular complexity index is 1360. The molecule has 0 aliphatic rings. The Hall–Kier alpha value is -3.66. The van der Waals surface area contributed by atoms with Gasteiger partial charge in [-0.15, -0.1) is 0 Å². The number of hydrogen-bond donors (Lipinski definition) is 2. The van der Waals surface area contributed by atoms with Gasteiger partial charge in [-0.05, 0) is 60.2 Å². The number of fused-ring (bicyclic) bond motifs is 1. The molecule has 0 radical (unpaired) electrons. The van der Waals surface area contributed by atoms with E-state index < -0.39 is 0 Å². The largest absolute Gasteiger partial charge is 0.497 e. The van der Waals surface area contributed by atoms with Crippen LogP contribution in [0.1, 0.15) is 21.6 Å². The minimum absolute atomic E-state index is 0.244. The van der Waals surface area contributed by atoms with Crippen LogP contribution in [-0.4, -0.2) is 18.0 Å².